The van der Waals surface area contributed by atoms with Crippen LogP contribution in [0.5, 0.6) is 0 Å². The summed E-state index contributed by atoms with van der Waals surface area (Å²) in [5.41, 5.74) is 2.85. The molecule has 5 nitrogen and oxygen atoms in total. The Morgan fingerprint density at radius 3 is 2.88 bits per heavy atom. The van der Waals surface area contributed by atoms with Crippen molar-refractivity contribution in [2.24, 2.45) is 12.9 Å². The minimum atomic E-state index is 0.151. The molecule has 0 aromatic carbocycles. The molecule has 0 radical (unpaired) electrons. The average Bonchev–Trinajstić information content (AvgIpc) is 2.90. The second-order valence-electron chi connectivity index (χ2n) is 3.99. The highest BCUT2D eigenvalue weighted by atomic mass is 32.1. The maximum absolute atomic E-state index is 5.59. The Balaban J connectivity index is 1.99. The second-order valence-corrected chi connectivity index (χ2v) is 5.26. The number of hydrogen-bond acceptors (Lipinski definition) is 5. The minimum Gasteiger partial charge on any atom is -0.338 e. The van der Waals surface area contributed by atoms with Crippen molar-refractivity contribution in [1.82, 2.24) is 20.0 Å². The summed E-state index contributed by atoms with van der Waals surface area (Å²) < 4.78 is 2.03. The fourth-order valence-corrected chi connectivity index (χ4v) is 2.64. The van der Waals surface area contributed by atoms with E-state index in [-0.39, 0.29) is 6.04 Å². The van der Waals surface area contributed by atoms with Crippen LogP contribution in [-0.4, -0.2) is 14.5 Å². The van der Waals surface area contributed by atoms with E-state index in [1.54, 1.807) is 11.3 Å². The second kappa shape index (κ2) is 5.39. The third-order valence-electron chi connectivity index (χ3n) is 2.76. The van der Waals surface area contributed by atoms with Gasteiger partial charge >= 0.3 is 0 Å². The lowest BCUT2D eigenvalue weighted by Crippen LogP contribution is -2.28. The van der Waals surface area contributed by atoms with E-state index in [9.17, 15) is 0 Å². The third-order valence-corrected chi connectivity index (χ3v) is 3.79. The van der Waals surface area contributed by atoms with E-state index in [1.165, 1.54) is 4.88 Å². The molecular weight excluding hydrogens is 234 g/mol. The van der Waals surface area contributed by atoms with Crippen molar-refractivity contribution in [3.63, 3.8) is 0 Å². The summed E-state index contributed by atoms with van der Waals surface area (Å²) in [7, 11) is 2.00. The van der Waals surface area contributed by atoms with Gasteiger partial charge in [0.05, 0.1) is 11.0 Å². The van der Waals surface area contributed by atoms with Gasteiger partial charge in [-0.05, 0) is 13.3 Å². The Hall–Kier alpha value is -1.24. The summed E-state index contributed by atoms with van der Waals surface area (Å²) >= 11 is 1.68. The van der Waals surface area contributed by atoms with E-state index in [2.05, 4.69) is 15.4 Å². The summed E-state index contributed by atoms with van der Waals surface area (Å²) in [6, 6.07) is 0.151. The number of nitrogens with zero attached hydrogens (tertiary/aromatic N) is 3. The predicted molar refractivity (Wildman–Crippen MR) is 68.4 cm³/mol. The van der Waals surface area contributed by atoms with Crippen LogP contribution in [0.25, 0.3) is 0 Å². The van der Waals surface area contributed by atoms with Crippen molar-refractivity contribution in [2.75, 3.05) is 0 Å². The number of thiazole rings is 1. The van der Waals surface area contributed by atoms with E-state index < -0.39 is 0 Å². The Kier molecular flexibility index (Phi) is 3.88. The maximum Gasteiger partial charge on any atom is 0.108 e. The van der Waals surface area contributed by atoms with Crippen molar-refractivity contribution < 1.29 is 0 Å². The van der Waals surface area contributed by atoms with Crippen LogP contribution in [-0.2, 0) is 13.5 Å². The van der Waals surface area contributed by atoms with Gasteiger partial charge in [-0.25, -0.2) is 9.97 Å². The first kappa shape index (κ1) is 12.2. The van der Waals surface area contributed by atoms with Crippen LogP contribution < -0.4 is 11.3 Å². The number of hydrazine groups is 1. The molecule has 2 aromatic heterocycles. The van der Waals surface area contributed by atoms with E-state index in [0.717, 1.165) is 23.7 Å². The van der Waals surface area contributed by atoms with Crippen LogP contribution >= 0.6 is 11.3 Å². The summed E-state index contributed by atoms with van der Waals surface area (Å²) in [5.74, 6) is 6.67. The number of rotatable bonds is 5. The highest BCUT2D eigenvalue weighted by molar-refractivity contribution is 7.11. The summed E-state index contributed by atoms with van der Waals surface area (Å²) in [6.07, 6.45) is 7.48. The zero-order valence-electron chi connectivity index (χ0n) is 10.1. The number of nitrogens with one attached hydrogen (secondary N) is 1. The Morgan fingerprint density at radius 2 is 2.35 bits per heavy atom. The van der Waals surface area contributed by atoms with Crippen molar-refractivity contribution in [1.29, 1.82) is 0 Å². The molecule has 0 amide bonds. The Morgan fingerprint density at radius 1 is 1.53 bits per heavy atom. The van der Waals surface area contributed by atoms with Gasteiger partial charge in [0.25, 0.3) is 0 Å². The summed E-state index contributed by atoms with van der Waals surface area (Å²) in [4.78, 5) is 9.73. The monoisotopic (exact) mass is 251 g/mol. The van der Waals surface area contributed by atoms with Crippen LogP contribution in [0.3, 0.4) is 0 Å². The van der Waals surface area contributed by atoms with Gasteiger partial charge in [-0.3, -0.25) is 11.3 Å². The van der Waals surface area contributed by atoms with Crippen molar-refractivity contribution in [3.05, 3.63) is 34.3 Å². The highest BCUT2D eigenvalue weighted by Crippen LogP contribution is 2.23. The lowest BCUT2D eigenvalue weighted by atomic mass is 10.1. The molecule has 0 fully saturated rings. The first-order chi connectivity index (χ1) is 8.20. The summed E-state index contributed by atoms with van der Waals surface area (Å²) in [6.45, 7) is 2.00. The van der Waals surface area contributed by atoms with Gasteiger partial charge in [0.2, 0.25) is 0 Å². The predicted octanol–water partition coefficient (Wildman–Crippen LogP) is 1.32. The average molecular weight is 251 g/mol. The molecule has 92 valence electrons. The van der Waals surface area contributed by atoms with Crippen LogP contribution in [0, 0.1) is 6.92 Å². The van der Waals surface area contributed by atoms with Gasteiger partial charge < -0.3 is 4.57 Å². The normalized spacial score (nSPS) is 12.9. The van der Waals surface area contributed by atoms with Crippen LogP contribution in [0.4, 0.5) is 0 Å². The van der Waals surface area contributed by atoms with Crippen LogP contribution in [0.1, 0.15) is 28.2 Å². The molecule has 0 saturated heterocycles. The molecule has 3 N–H and O–H groups in total. The molecule has 0 spiro atoms. The first-order valence-electron chi connectivity index (χ1n) is 5.55. The van der Waals surface area contributed by atoms with E-state index >= 15 is 0 Å². The molecule has 6 heteroatoms. The first-order valence-corrected chi connectivity index (χ1v) is 6.37. The van der Waals surface area contributed by atoms with Gasteiger partial charge in [-0.1, -0.05) is 0 Å². The van der Waals surface area contributed by atoms with Gasteiger partial charge in [0.15, 0.2) is 0 Å². The molecule has 17 heavy (non-hydrogen) atoms. The number of hydrogen-bond donors (Lipinski definition) is 2. The fraction of sp³-hybridized carbons (Fsp3) is 0.455. The van der Waals surface area contributed by atoms with Gasteiger partial charge in [-0.15, -0.1) is 11.3 Å². The third kappa shape index (κ3) is 2.91. The Labute approximate surface area is 105 Å². The molecule has 0 aliphatic carbocycles. The molecule has 2 rings (SSSR count). The lowest BCUT2D eigenvalue weighted by molar-refractivity contribution is 0.513. The van der Waals surface area contributed by atoms with E-state index in [4.69, 9.17) is 5.84 Å². The zero-order chi connectivity index (χ0) is 12.3. The number of aryl methyl sites for hydroxylation is 3. The van der Waals surface area contributed by atoms with Crippen LogP contribution in [0.2, 0.25) is 0 Å². The standard InChI is InChI=1S/C11H17N5S/c1-8-14-7-10(17-8)9(15-12)3-4-11-13-5-6-16(11)2/h5-7,9,15H,3-4,12H2,1-2H3. The van der Waals surface area contributed by atoms with Crippen LogP contribution in [0.15, 0.2) is 18.6 Å². The molecule has 0 bridgehead atoms. The minimum absolute atomic E-state index is 0.151. The van der Waals surface area contributed by atoms with Crippen molar-refractivity contribution >= 4 is 11.3 Å². The highest BCUT2D eigenvalue weighted by Gasteiger charge is 2.13. The quantitative estimate of drug-likeness (QED) is 0.621. The van der Waals surface area contributed by atoms with Crippen molar-refractivity contribution in [2.45, 2.75) is 25.8 Å². The molecule has 0 aliphatic heterocycles. The van der Waals surface area contributed by atoms with Gasteiger partial charge in [0.1, 0.15) is 5.82 Å². The topological polar surface area (TPSA) is 68.8 Å². The molecule has 2 heterocycles. The molecule has 1 atom stereocenters. The number of imidazole rings is 1. The molecule has 2 aromatic rings. The van der Waals surface area contributed by atoms with Gasteiger partial charge in [0, 0.05) is 36.9 Å². The smallest absolute Gasteiger partial charge is 0.108 e. The number of aromatic nitrogens is 3. The largest absolute Gasteiger partial charge is 0.338 e. The molecular formula is C11H17N5S. The lowest BCUT2D eigenvalue weighted by Gasteiger charge is -2.13. The molecule has 0 saturated carbocycles. The van der Waals surface area contributed by atoms with E-state index in [1.807, 2.05) is 37.1 Å². The van der Waals surface area contributed by atoms with Gasteiger partial charge in [-0.2, -0.15) is 0 Å². The summed E-state index contributed by atoms with van der Waals surface area (Å²) in [5, 5.41) is 1.07. The molecule has 0 aliphatic rings. The van der Waals surface area contributed by atoms with E-state index in [0.29, 0.717) is 0 Å². The fourth-order valence-electron chi connectivity index (χ4n) is 1.76. The SMILES string of the molecule is Cc1ncc(C(CCc2nccn2C)NN)s1. The zero-order valence-corrected chi connectivity index (χ0v) is 10.9. The Bertz CT molecular complexity index is 476. The maximum atomic E-state index is 5.59. The van der Waals surface area contributed by atoms with Crippen molar-refractivity contribution in [3.8, 4) is 0 Å². The molecule has 1 unspecified atom stereocenters. The number of nitrogens with two attached hydrogens (primary N) is 1.